The van der Waals surface area contributed by atoms with E-state index in [4.69, 9.17) is 15.3 Å². The van der Waals surface area contributed by atoms with Crippen LogP contribution in [0.1, 0.15) is 54.9 Å². The normalized spacial score (nSPS) is 30.1. The highest BCUT2D eigenvalue weighted by Gasteiger charge is 2.52. The van der Waals surface area contributed by atoms with E-state index in [0.717, 1.165) is 6.42 Å². The molecule has 2 unspecified atom stereocenters. The SMILES string of the molecule is COC(=O)C(C)(C)ON1C(C)(C)CC(N)C(C)C1(C)C. The van der Waals surface area contributed by atoms with Crippen LogP contribution < -0.4 is 5.73 Å². The summed E-state index contributed by atoms with van der Waals surface area (Å²) in [6.45, 7) is 14.0. The summed E-state index contributed by atoms with van der Waals surface area (Å²) in [5, 5.41) is 1.94. The van der Waals surface area contributed by atoms with Crippen LogP contribution in [0.5, 0.6) is 0 Å². The average Bonchev–Trinajstić information content (AvgIpc) is 2.31. The number of hydrogen-bond acceptors (Lipinski definition) is 5. The molecular weight excluding hydrogens is 256 g/mol. The number of hydrogen-bond donors (Lipinski definition) is 1. The lowest BCUT2D eigenvalue weighted by Gasteiger charge is -2.57. The van der Waals surface area contributed by atoms with Gasteiger partial charge in [-0.1, -0.05) is 6.92 Å². The molecule has 5 heteroatoms. The number of ether oxygens (including phenoxy) is 1. The van der Waals surface area contributed by atoms with Gasteiger partial charge in [-0.15, -0.1) is 0 Å². The molecule has 0 radical (unpaired) electrons. The standard InChI is InChI=1S/C15H30N2O3/c1-10-11(16)9-13(2,3)17(14(10,4)5)20-15(6,7)12(18)19-8/h10-11H,9,16H2,1-8H3. The monoisotopic (exact) mass is 286 g/mol. The Kier molecular flexibility index (Phi) is 4.59. The molecule has 2 atom stereocenters. The summed E-state index contributed by atoms with van der Waals surface area (Å²) < 4.78 is 4.83. The molecule has 1 saturated heterocycles. The Morgan fingerprint density at radius 2 is 1.80 bits per heavy atom. The fraction of sp³-hybridized carbons (Fsp3) is 0.933. The maximum atomic E-state index is 11.9. The lowest BCUT2D eigenvalue weighted by molar-refractivity contribution is -0.335. The van der Waals surface area contributed by atoms with Crippen molar-refractivity contribution in [1.82, 2.24) is 5.06 Å². The Morgan fingerprint density at radius 3 is 2.25 bits per heavy atom. The zero-order valence-electron chi connectivity index (χ0n) is 14.1. The van der Waals surface area contributed by atoms with E-state index in [1.54, 1.807) is 13.8 Å². The molecule has 1 heterocycles. The van der Waals surface area contributed by atoms with Crippen molar-refractivity contribution in [3.05, 3.63) is 0 Å². The van der Waals surface area contributed by atoms with Crippen molar-refractivity contribution in [3.63, 3.8) is 0 Å². The van der Waals surface area contributed by atoms with Gasteiger partial charge in [-0.25, -0.2) is 4.79 Å². The Labute approximate surface area is 122 Å². The molecule has 5 nitrogen and oxygen atoms in total. The second kappa shape index (κ2) is 5.28. The molecule has 2 N–H and O–H groups in total. The van der Waals surface area contributed by atoms with Gasteiger partial charge in [-0.3, -0.25) is 4.84 Å². The van der Waals surface area contributed by atoms with Crippen LogP contribution in [-0.2, 0) is 14.4 Å². The summed E-state index contributed by atoms with van der Waals surface area (Å²) in [4.78, 5) is 18.0. The molecule has 0 spiro atoms. The largest absolute Gasteiger partial charge is 0.467 e. The van der Waals surface area contributed by atoms with E-state index in [-0.39, 0.29) is 29.0 Å². The van der Waals surface area contributed by atoms with Crippen molar-refractivity contribution in [3.8, 4) is 0 Å². The van der Waals surface area contributed by atoms with Gasteiger partial charge in [-0.05, 0) is 53.9 Å². The molecule has 0 bridgehead atoms. The topological polar surface area (TPSA) is 64.8 Å². The summed E-state index contributed by atoms with van der Waals surface area (Å²) in [5.41, 5.74) is 4.72. The van der Waals surface area contributed by atoms with Crippen LogP contribution in [0, 0.1) is 5.92 Å². The van der Waals surface area contributed by atoms with E-state index >= 15 is 0 Å². The average molecular weight is 286 g/mol. The van der Waals surface area contributed by atoms with Crippen molar-refractivity contribution in [1.29, 1.82) is 0 Å². The van der Waals surface area contributed by atoms with Gasteiger partial charge in [0.1, 0.15) is 0 Å². The number of hydroxylamine groups is 2. The molecule has 20 heavy (non-hydrogen) atoms. The van der Waals surface area contributed by atoms with Crippen LogP contribution in [0.2, 0.25) is 0 Å². The zero-order valence-corrected chi connectivity index (χ0v) is 14.1. The van der Waals surface area contributed by atoms with Gasteiger partial charge in [0, 0.05) is 17.1 Å². The van der Waals surface area contributed by atoms with E-state index in [0.29, 0.717) is 0 Å². The summed E-state index contributed by atoms with van der Waals surface area (Å²) in [6.07, 6.45) is 0.814. The summed E-state index contributed by atoms with van der Waals surface area (Å²) in [7, 11) is 1.37. The Balaban J connectivity index is 3.09. The molecule has 0 amide bonds. The van der Waals surface area contributed by atoms with Gasteiger partial charge in [0.05, 0.1) is 7.11 Å². The first kappa shape index (κ1) is 17.4. The van der Waals surface area contributed by atoms with Crippen LogP contribution >= 0.6 is 0 Å². The predicted molar refractivity (Wildman–Crippen MR) is 78.9 cm³/mol. The second-order valence-electron chi connectivity index (χ2n) is 7.51. The third-order valence-corrected chi connectivity index (χ3v) is 4.56. The van der Waals surface area contributed by atoms with Crippen molar-refractivity contribution in [2.24, 2.45) is 11.7 Å². The smallest absolute Gasteiger partial charge is 0.339 e. The molecule has 0 saturated carbocycles. The van der Waals surface area contributed by atoms with E-state index < -0.39 is 5.60 Å². The number of esters is 1. The third kappa shape index (κ3) is 3.00. The van der Waals surface area contributed by atoms with Crippen molar-refractivity contribution in [2.45, 2.75) is 77.6 Å². The second-order valence-corrected chi connectivity index (χ2v) is 7.51. The highest BCUT2D eigenvalue weighted by atomic mass is 16.7. The molecule has 0 aliphatic carbocycles. The van der Waals surface area contributed by atoms with Gasteiger partial charge in [0.2, 0.25) is 0 Å². The Hall–Kier alpha value is -0.650. The zero-order chi connectivity index (χ0) is 15.9. The number of nitrogens with two attached hydrogens (primary N) is 1. The molecule has 1 rings (SSSR count). The highest BCUT2D eigenvalue weighted by Crippen LogP contribution is 2.42. The van der Waals surface area contributed by atoms with E-state index in [9.17, 15) is 4.79 Å². The number of methoxy groups -OCH3 is 1. The number of carbonyl (C=O) groups is 1. The fourth-order valence-electron chi connectivity index (χ4n) is 3.08. The third-order valence-electron chi connectivity index (χ3n) is 4.56. The quantitative estimate of drug-likeness (QED) is 0.805. The molecule has 0 aromatic rings. The first-order valence-electron chi connectivity index (χ1n) is 7.19. The number of rotatable bonds is 3. The first-order valence-corrected chi connectivity index (χ1v) is 7.19. The van der Waals surface area contributed by atoms with Gasteiger partial charge in [-0.2, -0.15) is 5.06 Å². The number of carbonyl (C=O) groups excluding carboxylic acids is 1. The van der Waals surface area contributed by atoms with E-state index in [1.807, 2.05) is 5.06 Å². The van der Waals surface area contributed by atoms with Crippen LogP contribution in [-0.4, -0.2) is 40.9 Å². The minimum atomic E-state index is -1.02. The molecule has 1 aliphatic rings. The van der Waals surface area contributed by atoms with Gasteiger partial charge < -0.3 is 10.5 Å². The summed E-state index contributed by atoms with van der Waals surface area (Å²) in [6, 6.07) is 0.112. The van der Waals surface area contributed by atoms with Gasteiger partial charge in [0.15, 0.2) is 5.60 Å². The lowest BCUT2D eigenvalue weighted by atomic mass is 9.72. The minimum absolute atomic E-state index is 0.112. The van der Waals surface area contributed by atoms with Crippen molar-refractivity contribution < 1.29 is 14.4 Å². The van der Waals surface area contributed by atoms with Crippen LogP contribution in [0.25, 0.3) is 0 Å². The molecule has 118 valence electrons. The Morgan fingerprint density at radius 1 is 1.30 bits per heavy atom. The molecular formula is C15H30N2O3. The number of piperidine rings is 1. The van der Waals surface area contributed by atoms with E-state index in [2.05, 4.69) is 34.6 Å². The molecule has 0 aromatic carbocycles. The maximum Gasteiger partial charge on any atom is 0.339 e. The van der Waals surface area contributed by atoms with Crippen molar-refractivity contribution >= 4 is 5.97 Å². The fourth-order valence-corrected chi connectivity index (χ4v) is 3.08. The number of nitrogens with zero attached hydrogens (tertiary/aromatic N) is 1. The minimum Gasteiger partial charge on any atom is -0.467 e. The predicted octanol–water partition coefficient (Wildman–Crippen LogP) is 2.10. The summed E-state index contributed by atoms with van der Waals surface area (Å²) >= 11 is 0. The van der Waals surface area contributed by atoms with Crippen LogP contribution in [0.3, 0.4) is 0 Å². The highest BCUT2D eigenvalue weighted by molar-refractivity contribution is 5.78. The van der Waals surface area contributed by atoms with Crippen molar-refractivity contribution in [2.75, 3.05) is 7.11 Å². The van der Waals surface area contributed by atoms with Crippen LogP contribution in [0.4, 0.5) is 0 Å². The lowest BCUT2D eigenvalue weighted by Crippen LogP contribution is -2.69. The molecule has 1 fully saturated rings. The van der Waals surface area contributed by atoms with Crippen LogP contribution in [0.15, 0.2) is 0 Å². The Bertz CT molecular complexity index is 377. The molecule has 1 aliphatic heterocycles. The van der Waals surface area contributed by atoms with Gasteiger partial charge in [0.25, 0.3) is 0 Å². The van der Waals surface area contributed by atoms with Gasteiger partial charge >= 0.3 is 5.97 Å². The van der Waals surface area contributed by atoms with E-state index in [1.165, 1.54) is 7.11 Å². The molecule has 0 aromatic heterocycles. The summed E-state index contributed by atoms with van der Waals surface area (Å²) in [5.74, 6) is -0.129. The maximum absolute atomic E-state index is 11.9. The first-order chi connectivity index (χ1) is 8.86.